The van der Waals surface area contributed by atoms with E-state index in [0.717, 1.165) is 11.3 Å². The molecule has 2 amide bonds. The monoisotopic (exact) mass is 404 g/mol. The average molecular weight is 404 g/mol. The quantitative estimate of drug-likeness (QED) is 0.501. The zero-order valence-corrected chi connectivity index (χ0v) is 16.5. The molecule has 0 fully saturated rings. The number of carbonyl (C=O) groups excluding carboxylic acids is 2. The van der Waals surface area contributed by atoms with Crippen molar-refractivity contribution in [2.45, 2.75) is 26.4 Å². The summed E-state index contributed by atoms with van der Waals surface area (Å²) in [5.74, 6) is -0.0805. The summed E-state index contributed by atoms with van der Waals surface area (Å²) in [4.78, 5) is 37.1. The number of hydrogen-bond donors (Lipinski definition) is 2. The van der Waals surface area contributed by atoms with Crippen LogP contribution in [0.4, 0.5) is 0 Å². The first-order chi connectivity index (χ1) is 14.5. The van der Waals surface area contributed by atoms with Gasteiger partial charge in [0.2, 0.25) is 5.78 Å². The smallest absolute Gasteiger partial charge is 0.270 e. The number of nitrogens with zero attached hydrogens (tertiary/aromatic N) is 6. The summed E-state index contributed by atoms with van der Waals surface area (Å²) in [6.07, 6.45) is 10.5. The summed E-state index contributed by atoms with van der Waals surface area (Å²) in [5.41, 5.74) is 1.95. The van der Waals surface area contributed by atoms with Gasteiger partial charge >= 0.3 is 0 Å². The molecule has 0 unspecified atom stereocenters. The van der Waals surface area contributed by atoms with Gasteiger partial charge in [-0.05, 0) is 26.0 Å². The van der Waals surface area contributed by atoms with Gasteiger partial charge in [-0.15, -0.1) is 0 Å². The zero-order valence-electron chi connectivity index (χ0n) is 16.5. The van der Waals surface area contributed by atoms with Gasteiger partial charge in [0.1, 0.15) is 11.4 Å². The predicted octanol–water partition coefficient (Wildman–Crippen LogP) is 1.38. The van der Waals surface area contributed by atoms with Crippen LogP contribution in [-0.4, -0.2) is 47.0 Å². The van der Waals surface area contributed by atoms with E-state index in [9.17, 15) is 9.59 Å². The first-order valence-electron chi connectivity index (χ1n) is 9.38. The maximum absolute atomic E-state index is 12.5. The summed E-state index contributed by atoms with van der Waals surface area (Å²) in [6.45, 7) is 3.99. The lowest BCUT2D eigenvalue weighted by Crippen LogP contribution is -2.31. The van der Waals surface area contributed by atoms with Crippen molar-refractivity contribution in [1.29, 1.82) is 0 Å². The number of nitrogens with one attached hydrogen (secondary N) is 2. The molecule has 0 aromatic carbocycles. The van der Waals surface area contributed by atoms with Crippen LogP contribution in [-0.2, 0) is 6.54 Å². The van der Waals surface area contributed by atoms with Crippen molar-refractivity contribution in [3.8, 4) is 5.69 Å². The van der Waals surface area contributed by atoms with E-state index in [1.54, 1.807) is 58.3 Å². The molecule has 0 radical (unpaired) electrons. The van der Waals surface area contributed by atoms with E-state index in [4.69, 9.17) is 0 Å². The van der Waals surface area contributed by atoms with E-state index in [-0.39, 0.29) is 35.8 Å². The molecule has 4 rings (SSSR count). The summed E-state index contributed by atoms with van der Waals surface area (Å²) in [7, 11) is 0. The van der Waals surface area contributed by atoms with Gasteiger partial charge in [0.25, 0.3) is 11.8 Å². The number of fused-ring (bicyclic) bond motifs is 1. The number of imidazole rings is 1. The van der Waals surface area contributed by atoms with Gasteiger partial charge in [0.05, 0.1) is 18.1 Å². The lowest BCUT2D eigenvalue weighted by Gasteiger charge is -2.08. The molecule has 4 aromatic rings. The van der Waals surface area contributed by atoms with Crippen LogP contribution in [0, 0.1) is 0 Å². The molecule has 0 aliphatic carbocycles. The lowest BCUT2D eigenvalue weighted by atomic mass is 10.2. The van der Waals surface area contributed by atoms with Gasteiger partial charge in [-0.3, -0.25) is 14.0 Å². The number of aromatic nitrogens is 6. The Morgan fingerprint density at radius 1 is 1.07 bits per heavy atom. The van der Waals surface area contributed by atoms with Crippen LogP contribution in [0.1, 0.15) is 40.4 Å². The lowest BCUT2D eigenvalue weighted by molar-refractivity contribution is 0.0936. The molecule has 0 saturated carbocycles. The number of amides is 2. The Morgan fingerprint density at radius 3 is 2.67 bits per heavy atom. The van der Waals surface area contributed by atoms with Crippen LogP contribution < -0.4 is 10.6 Å². The van der Waals surface area contributed by atoms with E-state index in [1.165, 1.54) is 0 Å². The molecule has 0 atom stereocenters. The maximum Gasteiger partial charge on any atom is 0.270 e. The molecule has 2 N–H and O–H groups in total. The summed E-state index contributed by atoms with van der Waals surface area (Å²) < 4.78 is 3.47. The molecule has 0 aliphatic heterocycles. The molecule has 0 aliphatic rings. The third-order valence-corrected chi connectivity index (χ3v) is 4.22. The van der Waals surface area contributed by atoms with Gasteiger partial charge in [-0.1, -0.05) is 6.07 Å². The number of rotatable bonds is 6. The molecule has 10 heteroatoms. The third kappa shape index (κ3) is 4.17. The van der Waals surface area contributed by atoms with E-state index < -0.39 is 0 Å². The fraction of sp³-hybridized carbons (Fsp3) is 0.200. The zero-order chi connectivity index (χ0) is 21.1. The summed E-state index contributed by atoms with van der Waals surface area (Å²) in [5, 5.41) is 9.87. The molecular formula is C20H20N8O2. The Morgan fingerprint density at radius 2 is 1.87 bits per heavy atom. The minimum atomic E-state index is -0.372. The van der Waals surface area contributed by atoms with Crippen molar-refractivity contribution in [3.63, 3.8) is 0 Å². The van der Waals surface area contributed by atoms with Crippen LogP contribution >= 0.6 is 0 Å². The normalized spacial score (nSPS) is 11.0. The minimum Gasteiger partial charge on any atom is -0.349 e. The van der Waals surface area contributed by atoms with Crippen molar-refractivity contribution in [2.75, 3.05) is 0 Å². The standard InChI is InChI=1S/C20H20N8O2/c1-13(2)25-19(30)17-5-3-4-16(26-17)18(29)22-8-14-9-24-28(11-14)15-10-23-20-21-6-7-27(20)12-15/h3-7,9-13H,8H2,1-2H3,(H,22,29)(H,25,30). The number of hydrogen-bond acceptors (Lipinski definition) is 6. The fourth-order valence-electron chi connectivity index (χ4n) is 2.81. The Labute approximate surface area is 172 Å². The second-order valence-corrected chi connectivity index (χ2v) is 6.96. The van der Waals surface area contributed by atoms with Crippen molar-refractivity contribution in [3.05, 3.63) is 72.3 Å². The molecule has 4 aromatic heterocycles. The van der Waals surface area contributed by atoms with E-state index in [2.05, 4.69) is 30.7 Å². The topological polar surface area (TPSA) is 119 Å². The highest BCUT2D eigenvalue weighted by atomic mass is 16.2. The maximum atomic E-state index is 12.5. The molecule has 0 bridgehead atoms. The molecule has 152 valence electrons. The van der Waals surface area contributed by atoms with Crippen LogP contribution in [0.2, 0.25) is 0 Å². The van der Waals surface area contributed by atoms with E-state index in [0.29, 0.717) is 5.78 Å². The van der Waals surface area contributed by atoms with E-state index >= 15 is 0 Å². The van der Waals surface area contributed by atoms with Crippen LogP contribution in [0.3, 0.4) is 0 Å². The van der Waals surface area contributed by atoms with Gasteiger partial charge in [-0.25, -0.2) is 19.6 Å². The molecule has 0 spiro atoms. The van der Waals surface area contributed by atoms with Crippen molar-refractivity contribution in [1.82, 2.24) is 39.8 Å². The molecule has 10 nitrogen and oxygen atoms in total. The van der Waals surface area contributed by atoms with Crippen LogP contribution in [0.15, 0.2) is 55.4 Å². The largest absolute Gasteiger partial charge is 0.349 e. The molecule has 0 saturated heterocycles. The number of carbonyl (C=O) groups is 2. The number of pyridine rings is 1. The Bertz CT molecular complexity index is 1210. The average Bonchev–Trinajstić information content (AvgIpc) is 3.40. The highest BCUT2D eigenvalue weighted by Gasteiger charge is 2.13. The predicted molar refractivity (Wildman–Crippen MR) is 108 cm³/mol. The Hall–Kier alpha value is -4.08. The van der Waals surface area contributed by atoms with Gasteiger partial charge in [0, 0.05) is 42.9 Å². The Kier molecular flexibility index (Phi) is 5.21. The summed E-state index contributed by atoms with van der Waals surface area (Å²) >= 11 is 0. The van der Waals surface area contributed by atoms with Crippen molar-refractivity contribution >= 4 is 17.6 Å². The Balaban J connectivity index is 1.41. The fourth-order valence-corrected chi connectivity index (χ4v) is 2.81. The highest BCUT2D eigenvalue weighted by Crippen LogP contribution is 2.09. The molecule has 30 heavy (non-hydrogen) atoms. The second-order valence-electron chi connectivity index (χ2n) is 6.96. The third-order valence-electron chi connectivity index (χ3n) is 4.22. The van der Waals surface area contributed by atoms with Crippen molar-refractivity contribution in [2.24, 2.45) is 0 Å². The first kappa shape index (κ1) is 19.2. The first-order valence-corrected chi connectivity index (χ1v) is 9.38. The SMILES string of the molecule is CC(C)NC(=O)c1cccc(C(=O)NCc2cnn(-c3cnc4nccn4c3)c2)n1. The second kappa shape index (κ2) is 8.11. The van der Waals surface area contributed by atoms with Gasteiger partial charge < -0.3 is 10.6 Å². The molecular weight excluding hydrogens is 384 g/mol. The van der Waals surface area contributed by atoms with Gasteiger partial charge in [-0.2, -0.15) is 5.10 Å². The molecule has 4 heterocycles. The van der Waals surface area contributed by atoms with Crippen LogP contribution in [0.25, 0.3) is 11.5 Å². The minimum absolute atomic E-state index is 0.0157. The van der Waals surface area contributed by atoms with E-state index in [1.807, 2.05) is 20.0 Å². The van der Waals surface area contributed by atoms with Crippen LogP contribution in [0.5, 0.6) is 0 Å². The van der Waals surface area contributed by atoms with Crippen molar-refractivity contribution < 1.29 is 9.59 Å². The van der Waals surface area contributed by atoms with Gasteiger partial charge in [0.15, 0.2) is 0 Å². The summed E-state index contributed by atoms with van der Waals surface area (Å²) in [6, 6.07) is 4.76. The highest BCUT2D eigenvalue weighted by molar-refractivity contribution is 5.96.